The lowest BCUT2D eigenvalue weighted by molar-refractivity contribution is 0.202. The first-order valence-corrected chi connectivity index (χ1v) is 7.05. The van der Waals surface area contributed by atoms with E-state index in [1.165, 1.54) is 23.1 Å². The van der Waals surface area contributed by atoms with Gasteiger partial charge in [0.05, 0.1) is 0 Å². The van der Waals surface area contributed by atoms with Crippen molar-refractivity contribution in [3.8, 4) is 0 Å². The van der Waals surface area contributed by atoms with Gasteiger partial charge in [-0.1, -0.05) is 43.2 Å². The Hall–Kier alpha value is -0.860. The lowest BCUT2D eigenvalue weighted by Crippen LogP contribution is -2.38. The van der Waals surface area contributed by atoms with Crippen LogP contribution in [0.1, 0.15) is 49.9 Å². The molecule has 0 heterocycles. The number of hydrogen-bond acceptors (Lipinski definition) is 2. The summed E-state index contributed by atoms with van der Waals surface area (Å²) in [5.74, 6) is 0. The zero-order valence-electron chi connectivity index (χ0n) is 12.5. The third kappa shape index (κ3) is 4.11. The van der Waals surface area contributed by atoms with Crippen LogP contribution in [0, 0.1) is 13.8 Å². The third-order valence-corrected chi connectivity index (χ3v) is 3.72. The summed E-state index contributed by atoms with van der Waals surface area (Å²) in [6.45, 7) is 13.0. The first-order valence-electron chi connectivity index (χ1n) is 7.05. The molecule has 1 aromatic rings. The largest absolute Gasteiger partial charge is 0.323 e. The molecule has 1 rings (SSSR count). The van der Waals surface area contributed by atoms with Crippen LogP contribution in [0.15, 0.2) is 18.2 Å². The molecule has 0 fully saturated rings. The summed E-state index contributed by atoms with van der Waals surface area (Å²) < 4.78 is 0. The molecular formula is C16H28N2. The zero-order valence-corrected chi connectivity index (χ0v) is 12.5. The lowest BCUT2D eigenvalue weighted by Gasteiger charge is -2.30. The molecule has 0 spiro atoms. The summed E-state index contributed by atoms with van der Waals surface area (Å²) in [5.41, 5.74) is 10.2. The third-order valence-electron chi connectivity index (χ3n) is 3.72. The summed E-state index contributed by atoms with van der Waals surface area (Å²) in [6.07, 6.45) is 1.17. The van der Waals surface area contributed by atoms with Gasteiger partial charge >= 0.3 is 0 Å². The number of rotatable bonds is 6. The van der Waals surface area contributed by atoms with E-state index < -0.39 is 0 Å². The molecule has 2 unspecified atom stereocenters. The minimum absolute atomic E-state index is 0.109. The van der Waals surface area contributed by atoms with E-state index >= 15 is 0 Å². The van der Waals surface area contributed by atoms with E-state index in [0.29, 0.717) is 6.04 Å². The molecule has 2 N–H and O–H groups in total. The number of nitrogens with zero attached hydrogens (tertiary/aromatic N) is 1. The second-order valence-electron chi connectivity index (χ2n) is 5.37. The molecule has 1 aromatic carbocycles. The van der Waals surface area contributed by atoms with Gasteiger partial charge in [0, 0.05) is 18.6 Å². The summed E-state index contributed by atoms with van der Waals surface area (Å²) >= 11 is 0. The molecular weight excluding hydrogens is 220 g/mol. The van der Waals surface area contributed by atoms with Gasteiger partial charge < -0.3 is 5.73 Å². The first-order chi connectivity index (χ1) is 8.47. The lowest BCUT2D eigenvalue weighted by atomic mass is 10.0. The Bertz CT molecular complexity index is 353. The minimum atomic E-state index is 0.109. The Morgan fingerprint density at radius 1 is 1.11 bits per heavy atom. The zero-order chi connectivity index (χ0) is 13.7. The molecule has 0 radical (unpaired) electrons. The molecule has 0 aliphatic carbocycles. The van der Waals surface area contributed by atoms with Gasteiger partial charge in [-0.25, -0.2) is 0 Å². The molecule has 0 aliphatic rings. The number of benzene rings is 1. The maximum Gasteiger partial charge on any atom is 0.0424 e. The molecule has 18 heavy (non-hydrogen) atoms. The van der Waals surface area contributed by atoms with Gasteiger partial charge in [-0.05, 0) is 39.3 Å². The molecule has 0 aliphatic heterocycles. The van der Waals surface area contributed by atoms with Crippen molar-refractivity contribution in [2.75, 3.05) is 13.1 Å². The van der Waals surface area contributed by atoms with Crippen LogP contribution in [0.3, 0.4) is 0 Å². The number of likely N-dealkylation sites (N-methyl/N-ethyl adjacent to an activating group) is 1. The Morgan fingerprint density at radius 3 is 2.11 bits per heavy atom. The van der Waals surface area contributed by atoms with Crippen molar-refractivity contribution in [2.24, 2.45) is 5.73 Å². The molecule has 2 heteroatoms. The SMILES string of the molecule is CCC(C)N(CC)CC(N)c1cc(C)cc(C)c1. The second kappa shape index (κ2) is 6.91. The number of aryl methyl sites for hydroxylation is 2. The highest BCUT2D eigenvalue weighted by molar-refractivity contribution is 5.30. The van der Waals surface area contributed by atoms with E-state index in [1.54, 1.807) is 0 Å². The van der Waals surface area contributed by atoms with Gasteiger partial charge in [-0.3, -0.25) is 4.90 Å². The maximum absolute atomic E-state index is 6.36. The Balaban J connectivity index is 2.77. The number of nitrogens with two attached hydrogens (primary N) is 1. The summed E-state index contributed by atoms with van der Waals surface area (Å²) in [6, 6.07) is 7.33. The highest BCUT2D eigenvalue weighted by Gasteiger charge is 2.15. The quantitative estimate of drug-likeness (QED) is 0.836. The van der Waals surface area contributed by atoms with Crippen LogP contribution in [-0.4, -0.2) is 24.0 Å². The summed E-state index contributed by atoms with van der Waals surface area (Å²) in [7, 11) is 0. The Kier molecular flexibility index (Phi) is 5.83. The molecule has 102 valence electrons. The monoisotopic (exact) mass is 248 g/mol. The predicted molar refractivity (Wildman–Crippen MR) is 79.8 cm³/mol. The van der Waals surface area contributed by atoms with Gasteiger partial charge in [0.15, 0.2) is 0 Å². The van der Waals surface area contributed by atoms with Crippen molar-refractivity contribution in [3.05, 3.63) is 34.9 Å². The highest BCUT2D eigenvalue weighted by atomic mass is 15.2. The van der Waals surface area contributed by atoms with Crippen LogP contribution in [0.4, 0.5) is 0 Å². The van der Waals surface area contributed by atoms with Crippen LogP contribution in [0.25, 0.3) is 0 Å². The van der Waals surface area contributed by atoms with Gasteiger partial charge in [0.2, 0.25) is 0 Å². The van der Waals surface area contributed by atoms with Crippen molar-refractivity contribution >= 4 is 0 Å². The molecule has 2 atom stereocenters. The number of hydrogen-bond donors (Lipinski definition) is 1. The summed E-state index contributed by atoms with van der Waals surface area (Å²) in [4.78, 5) is 2.46. The van der Waals surface area contributed by atoms with Gasteiger partial charge in [-0.15, -0.1) is 0 Å². The van der Waals surface area contributed by atoms with E-state index in [4.69, 9.17) is 5.73 Å². The fraction of sp³-hybridized carbons (Fsp3) is 0.625. The van der Waals surface area contributed by atoms with E-state index in [2.05, 4.69) is 57.7 Å². The first kappa shape index (κ1) is 15.2. The molecule has 0 amide bonds. The predicted octanol–water partition coefficient (Wildman–Crippen LogP) is 3.42. The molecule has 0 saturated heterocycles. The average Bonchev–Trinajstić information content (AvgIpc) is 2.33. The molecule has 2 nitrogen and oxygen atoms in total. The standard InChI is InChI=1S/C16H28N2/c1-6-14(5)18(7-2)11-16(17)15-9-12(3)8-13(4)10-15/h8-10,14,16H,6-7,11,17H2,1-5H3. The Morgan fingerprint density at radius 2 is 1.67 bits per heavy atom. The molecule has 0 aromatic heterocycles. The van der Waals surface area contributed by atoms with Crippen LogP contribution in [-0.2, 0) is 0 Å². The van der Waals surface area contributed by atoms with E-state index in [-0.39, 0.29) is 6.04 Å². The fourth-order valence-electron chi connectivity index (χ4n) is 2.46. The molecule has 0 saturated carbocycles. The minimum Gasteiger partial charge on any atom is -0.323 e. The van der Waals surface area contributed by atoms with Gasteiger partial charge in [0.1, 0.15) is 0 Å². The maximum atomic E-state index is 6.36. The highest BCUT2D eigenvalue weighted by Crippen LogP contribution is 2.17. The smallest absolute Gasteiger partial charge is 0.0424 e. The topological polar surface area (TPSA) is 29.3 Å². The van der Waals surface area contributed by atoms with Crippen molar-refractivity contribution in [1.29, 1.82) is 0 Å². The van der Waals surface area contributed by atoms with Crippen LogP contribution in [0.2, 0.25) is 0 Å². The normalized spacial score (nSPS) is 14.8. The van der Waals surface area contributed by atoms with Crippen molar-refractivity contribution in [3.63, 3.8) is 0 Å². The van der Waals surface area contributed by atoms with Crippen molar-refractivity contribution in [1.82, 2.24) is 4.90 Å². The van der Waals surface area contributed by atoms with Crippen LogP contribution in [0.5, 0.6) is 0 Å². The van der Waals surface area contributed by atoms with Crippen molar-refractivity contribution < 1.29 is 0 Å². The van der Waals surface area contributed by atoms with Crippen LogP contribution < -0.4 is 5.73 Å². The fourth-order valence-corrected chi connectivity index (χ4v) is 2.46. The van der Waals surface area contributed by atoms with E-state index in [1.807, 2.05) is 0 Å². The average molecular weight is 248 g/mol. The van der Waals surface area contributed by atoms with Crippen LogP contribution >= 0.6 is 0 Å². The molecule has 0 bridgehead atoms. The van der Waals surface area contributed by atoms with E-state index in [0.717, 1.165) is 13.1 Å². The van der Waals surface area contributed by atoms with Gasteiger partial charge in [0.25, 0.3) is 0 Å². The van der Waals surface area contributed by atoms with E-state index in [9.17, 15) is 0 Å². The summed E-state index contributed by atoms with van der Waals surface area (Å²) in [5, 5.41) is 0. The Labute approximate surface area is 112 Å². The second-order valence-corrected chi connectivity index (χ2v) is 5.37. The van der Waals surface area contributed by atoms with Crippen molar-refractivity contribution in [2.45, 2.75) is 53.1 Å². The van der Waals surface area contributed by atoms with Gasteiger partial charge in [-0.2, -0.15) is 0 Å².